The van der Waals surface area contributed by atoms with Crippen LogP contribution in [0, 0.1) is 23.2 Å². The summed E-state index contributed by atoms with van der Waals surface area (Å²) in [5, 5.41) is 7.32. The number of hydrogen-bond acceptors (Lipinski definition) is 2. The summed E-state index contributed by atoms with van der Waals surface area (Å²) in [6.45, 7) is 7.71. The molecule has 3 atom stereocenters. The van der Waals surface area contributed by atoms with Gasteiger partial charge in [0.2, 0.25) is 0 Å². The lowest BCUT2D eigenvalue weighted by Crippen LogP contribution is -2.42. The molecule has 0 heterocycles. The first kappa shape index (κ1) is 31.7. The summed E-state index contributed by atoms with van der Waals surface area (Å²) in [6.07, 6.45) is -7.72. The first-order chi connectivity index (χ1) is 17.9. The lowest BCUT2D eigenvalue weighted by atomic mass is 9.71. The fourth-order valence-corrected chi connectivity index (χ4v) is 5.22. The van der Waals surface area contributed by atoms with Crippen LogP contribution in [0.4, 0.5) is 26.3 Å². The van der Waals surface area contributed by atoms with Gasteiger partial charge in [0.05, 0.1) is 17.9 Å². The second-order valence-corrected chi connectivity index (χ2v) is 10.2. The summed E-state index contributed by atoms with van der Waals surface area (Å²) in [5.74, 6) is -5.13. The summed E-state index contributed by atoms with van der Waals surface area (Å²) in [5.41, 5.74) is 3.11. The van der Waals surface area contributed by atoms with Crippen molar-refractivity contribution in [3.05, 3.63) is 71.3 Å². The number of aryl methyl sites for hydroxylation is 1. The summed E-state index contributed by atoms with van der Waals surface area (Å²) in [7, 11) is 0. The molecule has 1 aliphatic rings. The molecule has 0 aromatic heterocycles. The minimum atomic E-state index is -4.85. The molecule has 0 spiro atoms. The van der Waals surface area contributed by atoms with E-state index in [0.29, 0.717) is 11.6 Å². The van der Waals surface area contributed by atoms with Gasteiger partial charge in [-0.05, 0) is 81.5 Å². The van der Waals surface area contributed by atoms with Crippen molar-refractivity contribution in [2.24, 2.45) is 11.8 Å². The van der Waals surface area contributed by atoms with E-state index in [1.54, 1.807) is 18.2 Å². The molecule has 2 aromatic carbocycles. The molecule has 210 valence electrons. The number of benzene rings is 2. The second-order valence-electron chi connectivity index (χ2n) is 10.2. The van der Waals surface area contributed by atoms with E-state index in [1.807, 2.05) is 30.3 Å². The Morgan fingerprint density at radius 3 is 1.89 bits per heavy atom. The van der Waals surface area contributed by atoms with Crippen molar-refractivity contribution in [3.63, 3.8) is 0 Å². The lowest BCUT2D eigenvalue weighted by Gasteiger charge is -2.38. The van der Waals surface area contributed by atoms with Gasteiger partial charge in [0.1, 0.15) is 0 Å². The molecule has 2 nitrogen and oxygen atoms in total. The van der Waals surface area contributed by atoms with E-state index in [9.17, 15) is 26.3 Å². The van der Waals surface area contributed by atoms with E-state index >= 15 is 0 Å². The Hall–Kier alpha value is -2.53. The van der Waals surface area contributed by atoms with Gasteiger partial charge in [0, 0.05) is 19.5 Å². The Balaban J connectivity index is 0.00000161. The molecule has 3 rings (SSSR count). The van der Waals surface area contributed by atoms with Crippen LogP contribution < -0.4 is 0 Å². The molecule has 1 aliphatic carbocycles. The highest BCUT2D eigenvalue weighted by molar-refractivity contribution is 5.26. The number of rotatable bonds is 9. The lowest BCUT2D eigenvalue weighted by molar-refractivity contribution is -0.263. The number of hydrogen-bond donors (Lipinski definition) is 0. The van der Waals surface area contributed by atoms with Gasteiger partial charge < -0.3 is 4.90 Å². The molecule has 38 heavy (non-hydrogen) atoms. The third-order valence-electron chi connectivity index (χ3n) is 7.31. The van der Waals surface area contributed by atoms with E-state index < -0.39 is 42.9 Å². The van der Waals surface area contributed by atoms with Gasteiger partial charge in [-0.15, -0.1) is 0 Å². The molecular formula is C30H38F6N2. The van der Waals surface area contributed by atoms with Crippen molar-refractivity contribution in [1.29, 1.82) is 5.26 Å². The topological polar surface area (TPSA) is 27.0 Å². The van der Waals surface area contributed by atoms with Crippen LogP contribution >= 0.6 is 0 Å². The van der Waals surface area contributed by atoms with Crippen molar-refractivity contribution in [3.8, 4) is 6.07 Å². The van der Waals surface area contributed by atoms with Gasteiger partial charge in [-0.3, -0.25) is 0 Å². The van der Waals surface area contributed by atoms with Crippen LogP contribution in [0.2, 0.25) is 0 Å². The minimum absolute atomic E-state index is 0.126. The van der Waals surface area contributed by atoms with Crippen LogP contribution in [0.25, 0.3) is 0 Å². The molecule has 0 N–H and O–H groups in total. The summed E-state index contributed by atoms with van der Waals surface area (Å²) in [6, 6.07) is 20.0. The van der Waals surface area contributed by atoms with Crippen LogP contribution in [0.5, 0.6) is 0 Å². The predicted molar refractivity (Wildman–Crippen MR) is 139 cm³/mol. The Morgan fingerprint density at radius 1 is 0.816 bits per heavy atom. The Labute approximate surface area is 222 Å². The number of halogens is 6. The van der Waals surface area contributed by atoms with Crippen LogP contribution in [-0.2, 0) is 12.8 Å². The molecule has 0 saturated heterocycles. The summed E-state index contributed by atoms with van der Waals surface area (Å²) in [4.78, 5) is 2.44. The third kappa shape index (κ3) is 9.98. The third-order valence-corrected chi connectivity index (χ3v) is 7.31. The second kappa shape index (κ2) is 14.6. The van der Waals surface area contributed by atoms with Gasteiger partial charge in [0.25, 0.3) is 0 Å². The highest BCUT2D eigenvalue weighted by Crippen LogP contribution is 2.52. The molecule has 8 heteroatoms. The summed E-state index contributed by atoms with van der Waals surface area (Å²) >= 11 is 0. The highest BCUT2D eigenvalue weighted by Gasteiger charge is 2.56. The minimum Gasteiger partial charge on any atom is -0.301 e. The predicted octanol–water partition coefficient (Wildman–Crippen LogP) is 8.73. The first-order valence-electron chi connectivity index (χ1n) is 13.2. The van der Waals surface area contributed by atoms with Crippen molar-refractivity contribution in [2.75, 3.05) is 13.1 Å². The Kier molecular flexibility index (Phi) is 12.2. The van der Waals surface area contributed by atoms with Crippen LogP contribution in [0.15, 0.2) is 54.6 Å². The molecule has 1 saturated carbocycles. The molecule has 0 amide bonds. The quantitative estimate of drug-likeness (QED) is 0.298. The van der Waals surface area contributed by atoms with Crippen molar-refractivity contribution in [2.45, 2.75) is 83.6 Å². The standard InChI is InChI=1S/C28H35F6N.C2H3N/c1-20(2)35(18-16-21-7-4-3-5-8-21)17-6-9-22-10-12-23(13-11-22)24-14-15-25(27(29,30)31)26(19-24)28(32,33)34;1-2-3/h3-5,7-8,10-13,20,24-26H,6,9,14-19H2,1-2H3;1H3. The van der Waals surface area contributed by atoms with Crippen molar-refractivity contribution in [1.82, 2.24) is 4.90 Å². The van der Waals surface area contributed by atoms with Gasteiger partial charge >= 0.3 is 12.4 Å². The van der Waals surface area contributed by atoms with Crippen molar-refractivity contribution >= 4 is 0 Å². The molecule has 2 aromatic rings. The van der Waals surface area contributed by atoms with E-state index in [1.165, 1.54) is 12.5 Å². The van der Waals surface area contributed by atoms with Gasteiger partial charge in [0.15, 0.2) is 0 Å². The van der Waals surface area contributed by atoms with E-state index in [4.69, 9.17) is 5.26 Å². The Morgan fingerprint density at radius 2 is 1.37 bits per heavy atom. The van der Waals surface area contributed by atoms with Crippen LogP contribution in [0.3, 0.4) is 0 Å². The van der Waals surface area contributed by atoms with Gasteiger partial charge in [-0.1, -0.05) is 54.6 Å². The zero-order chi connectivity index (χ0) is 28.3. The highest BCUT2D eigenvalue weighted by atomic mass is 19.4. The smallest absolute Gasteiger partial charge is 0.301 e. The number of nitrogens with zero attached hydrogens (tertiary/aromatic N) is 2. The van der Waals surface area contributed by atoms with Gasteiger partial charge in [-0.2, -0.15) is 31.6 Å². The van der Waals surface area contributed by atoms with Crippen LogP contribution in [0.1, 0.15) is 69.1 Å². The molecule has 0 radical (unpaired) electrons. The average Bonchev–Trinajstić information content (AvgIpc) is 2.86. The molecule has 0 aliphatic heterocycles. The zero-order valence-corrected chi connectivity index (χ0v) is 22.3. The SMILES string of the molecule is CC#N.CC(C)N(CCCc1ccc(C2CCC(C(F)(F)F)C(C(F)(F)F)C2)cc1)CCc1ccccc1. The molecule has 1 fully saturated rings. The maximum absolute atomic E-state index is 13.4. The van der Waals surface area contributed by atoms with E-state index in [0.717, 1.165) is 37.9 Å². The maximum atomic E-state index is 13.4. The fourth-order valence-electron chi connectivity index (χ4n) is 5.22. The molecular weight excluding hydrogens is 502 g/mol. The van der Waals surface area contributed by atoms with Crippen LogP contribution in [-0.4, -0.2) is 36.4 Å². The average molecular weight is 541 g/mol. The van der Waals surface area contributed by atoms with Gasteiger partial charge in [-0.25, -0.2) is 0 Å². The monoisotopic (exact) mass is 540 g/mol. The first-order valence-corrected chi connectivity index (χ1v) is 13.2. The molecule has 3 unspecified atom stereocenters. The zero-order valence-electron chi connectivity index (χ0n) is 22.3. The Bertz CT molecular complexity index is 977. The normalized spacial score (nSPS) is 20.1. The van der Waals surface area contributed by atoms with Crippen molar-refractivity contribution < 1.29 is 26.3 Å². The maximum Gasteiger partial charge on any atom is 0.392 e. The van der Waals surface area contributed by atoms with E-state index in [2.05, 4.69) is 30.9 Å². The molecule has 0 bridgehead atoms. The number of nitriles is 1. The fraction of sp³-hybridized carbons (Fsp3) is 0.567. The van der Waals surface area contributed by atoms with E-state index in [-0.39, 0.29) is 6.42 Å². The largest absolute Gasteiger partial charge is 0.392 e. The number of alkyl halides is 6. The summed E-state index contributed by atoms with van der Waals surface area (Å²) < 4.78 is 79.6.